The summed E-state index contributed by atoms with van der Waals surface area (Å²) in [6.07, 6.45) is 20.9. The fourth-order valence-corrected chi connectivity index (χ4v) is 7.20. The van der Waals surface area contributed by atoms with Crippen LogP contribution in [0.3, 0.4) is 0 Å². The number of ether oxygens (including phenoxy) is 1. The number of aryl methyl sites for hydroxylation is 3. The molecular weight excluding hydrogens is 655 g/mol. The van der Waals surface area contributed by atoms with Crippen molar-refractivity contribution in [3.8, 4) is 50.3 Å². The molecule has 2 N–H and O–H groups in total. The van der Waals surface area contributed by atoms with Crippen molar-refractivity contribution >= 4 is 46.4 Å². The van der Waals surface area contributed by atoms with E-state index in [4.69, 9.17) is 14.7 Å². The van der Waals surface area contributed by atoms with Gasteiger partial charge in [-0.2, -0.15) is 0 Å². The van der Waals surface area contributed by atoms with Gasteiger partial charge in [0.05, 0.1) is 29.9 Å². The van der Waals surface area contributed by atoms with E-state index in [0.717, 1.165) is 95.1 Å². The molecule has 6 aromatic heterocycles. The summed E-state index contributed by atoms with van der Waals surface area (Å²) >= 11 is 0. The summed E-state index contributed by atoms with van der Waals surface area (Å²) < 4.78 is 11.8. The van der Waals surface area contributed by atoms with Gasteiger partial charge in [-0.3, -0.25) is 0 Å². The highest BCUT2D eigenvalue weighted by Crippen LogP contribution is 2.38. The molecular formula is C45H38N7O+3. The van der Waals surface area contributed by atoms with E-state index >= 15 is 0 Å². The number of nitrogens with one attached hydrogen (secondary N) is 2. The van der Waals surface area contributed by atoms with Crippen LogP contribution in [0.4, 0.5) is 0 Å². The Morgan fingerprint density at radius 1 is 0.434 bits per heavy atom. The monoisotopic (exact) mass is 692 g/mol. The Morgan fingerprint density at radius 2 is 0.811 bits per heavy atom. The first-order valence-corrected chi connectivity index (χ1v) is 17.6. The van der Waals surface area contributed by atoms with Gasteiger partial charge in [-0.1, -0.05) is 12.1 Å². The molecule has 8 nitrogen and oxygen atoms in total. The molecule has 0 atom stereocenters. The highest BCUT2D eigenvalue weighted by Gasteiger charge is 2.20. The molecule has 1 aromatic carbocycles. The standard InChI is InChI=1S/C45H37N7O/c1-50-22-16-29(17-23-50)42-34-8-10-36(46-34)43(30-18-24-51(2)25-19-30)38-12-14-40(48-38)45(32-6-5-7-33(28-32)53-4)41-15-13-39(49-41)44(37-11-9-35(42)47-37)31-20-26-52(3)27-21-31/h5-28H,1-4H3,(H,46,47,48,49)/q+2/p+1. The van der Waals surface area contributed by atoms with E-state index in [1.807, 2.05) is 42.4 Å². The highest BCUT2D eigenvalue weighted by molar-refractivity contribution is 6.00. The molecule has 8 heteroatoms. The molecule has 8 heterocycles. The molecule has 0 saturated heterocycles. The number of aromatic nitrogens is 7. The van der Waals surface area contributed by atoms with Crippen molar-refractivity contribution in [3.05, 3.63) is 145 Å². The fraction of sp³-hybridized carbons (Fsp3) is 0.0889. The van der Waals surface area contributed by atoms with Gasteiger partial charge in [0.15, 0.2) is 37.2 Å². The topological polar surface area (TPSA) is 78.2 Å². The quantitative estimate of drug-likeness (QED) is 0.181. The van der Waals surface area contributed by atoms with Crippen LogP contribution in [-0.2, 0) is 21.1 Å². The van der Waals surface area contributed by atoms with Crippen molar-refractivity contribution < 1.29 is 18.4 Å². The average Bonchev–Trinajstić information content (AvgIpc) is 4.02. The Hall–Kier alpha value is -6.93. The summed E-state index contributed by atoms with van der Waals surface area (Å²) in [5.41, 5.74) is 15.5. The van der Waals surface area contributed by atoms with Gasteiger partial charge in [0, 0.05) is 80.7 Å². The summed E-state index contributed by atoms with van der Waals surface area (Å²) in [5.74, 6) is 0.770. The molecule has 9 rings (SSSR count). The van der Waals surface area contributed by atoms with Crippen molar-refractivity contribution in [2.45, 2.75) is 0 Å². The maximum atomic E-state index is 5.68. The largest absolute Gasteiger partial charge is 0.497 e. The second-order valence-corrected chi connectivity index (χ2v) is 13.5. The fourth-order valence-electron chi connectivity index (χ4n) is 7.20. The van der Waals surface area contributed by atoms with Crippen molar-refractivity contribution in [2.75, 3.05) is 7.11 Å². The molecule has 0 spiro atoms. The normalized spacial score (nSPS) is 12.0. The first-order chi connectivity index (χ1) is 25.9. The molecule has 0 fully saturated rings. The van der Waals surface area contributed by atoms with E-state index in [2.05, 4.69) is 149 Å². The smallest absolute Gasteiger partial charge is 0.169 e. The Morgan fingerprint density at radius 3 is 1.23 bits per heavy atom. The maximum absolute atomic E-state index is 5.68. The molecule has 7 aromatic rings. The number of fused-ring (bicyclic) bond motifs is 8. The first-order valence-electron chi connectivity index (χ1n) is 17.6. The maximum Gasteiger partial charge on any atom is 0.169 e. The third-order valence-electron chi connectivity index (χ3n) is 9.91. The van der Waals surface area contributed by atoms with Crippen LogP contribution in [0.2, 0.25) is 0 Å². The van der Waals surface area contributed by atoms with Gasteiger partial charge in [-0.15, -0.1) is 0 Å². The molecule has 2 aliphatic heterocycles. The SMILES string of the molecule is COc1cccc(-c2c3nc(c(-c4cc[n+](C)cc4)c4ccc([nH]4)c(-c4cc[n+](C)cc4)c4ccc([nH]4)c(-c4cc[n+](C)cc4)c4nc2C=C4)C=C3)c1. The Bertz CT molecular complexity index is 2630. The Labute approximate surface area is 307 Å². The van der Waals surface area contributed by atoms with Crippen LogP contribution in [0.25, 0.3) is 90.9 Å². The lowest BCUT2D eigenvalue weighted by atomic mass is 10.0. The van der Waals surface area contributed by atoms with Crippen LogP contribution in [0.5, 0.6) is 5.75 Å². The number of methoxy groups -OCH3 is 1. The number of rotatable bonds is 5. The summed E-state index contributed by atoms with van der Waals surface area (Å²) in [7, 11) is 7.79. The van der Waals surface area contributed by atoms with Gasteiger partial charge < -0.3 is 14.7 Å². The molecule has 2 aliphatic rings. The summed E-state index contributed by atoms with van der Waals surface area (Å²) in [5, 5.41) is 0. The molecule has 8 bridgehead atoms. The van der Waals surface area contributed by atoms with Crippen molar-refractivity contribution in [3.63, 3.8) is 0 Å². The minimum Gasteiger partial charge on any atom is -0.497 e. The summed E-state index contributed by atoms with van der Waals surface area (Å²) in [4.78, 5) is 18.4. The second kappa shape index (κ2) is 13.0. The van der Waals surface area contributed by atoms with Crippen molar-refractivity contribution in [1.82, 2.24) is 19.9 Å². The number of benzene rings is 1. The molecule has 0 saturated carbocycles. The molecule has 0 radical (unpaired) electrons. The van der Waals surface area contributed by atoms with E-state index in [9.17, 15) is 0 Å². The highest BCUT2D eigenvalue weighted by atomic mass is 16.5. The number of pyridine rings is 3. The van der Waals surface area contributed by atoms with Crippen LogP contribution in [-0.4, -0.2) is 27.0 Å². The van der Waals surface area contributed by atoms with Crippen molar-refractivity contribution in [2.24, 2.45) is 21.1 Å². The van der Waals surface area contributed by atoms with Gasteiger partial charge in [-0.25, -0.2) is 23.7 Å². The predicted molar refractivity (Wildman–Crippen MR) is 211 cm³/mol. The van der Waals surface area contributed by atoms with E-state index in [1.165, 1.54) is 0 Å². The number of nitrogens with zero attached hydrogens (tertiary/aromatic N) is 5. The lowest BCUT2D eigenvalue weighted by molar-refractivity contribution is -0.671. The molecule has 53 heavy (non-hydrogen) atoms. The van der Waals surface area contributed by atoms with Gasteiger partial charge in [-0.05, 0) is 83.0 Å². The lowest BCUT2D eigenvalue weighted by Gasteiger charge is -2.08. The molecule has 256 valence electrons. The zero-order chi connectivity index (χ0) is 36.1. The number of aromatic amines is 2. The number of hydrogen-bond acceptors (Lipinski definition) is 3. The van der Waals surface area contributed by atoms with E-state index in [-0.39, 0.29) is 0 Å². The van der Waals surface area contributed by atoms with Gasteiger partial charge in [0.2, 0.25) is 0 Å². The minimum absolute atomic E-state index is 0.770. The molecule has 0 aliphatic carbocycles. The van der Waals surface area contributed by atoms with Crippen LogP contribution in [0, 0.1) is 0 Å². The van der Waals surface area contributed by atoms with E-state index in [1.54, 1.807) is 7.11 Å². The van der Waals surface area contributed by atoms with Crippen molar-refractivity contribution in [1.29, 1.82) is 0 Å². The molecule has 0 unspecified atom stereocenters. The van der Waals surface area contributed by atoms with Gasteiger partial charge in [0.25, 0.3) is 0 Å². The third-order valence-corrected chi connectivity index (χ3v) is 9.91. The summed E-state index contributed by atoms with van der Waals surface area (Å²) in [6.45, 7) is 0. The first kappa shape index (κ1) is 32.0. The predicted octanol–water partition coefficient (Wildman–Crippen LogP) is 7.81. The number of H-pyrrole nitrogens is 2. The lowest BCUT2D eigenvalue weighted by Crippen LogP contribution is -2.25. The number of hydrogen-bond donors (Lipinski definition) is 2. The van der Waals surface area contributed by atoms with Gasteiger partial charge in [0.1, 0.15) is 26.9 Å². The van der Waals surface area contributed by atoms with Crippen LogP contribution < -0.4 is 18.4 Å². The average molecular weight is 693 g/mol. The Balaban J connectivity index is 1.47. The third kappa shape index (κ3) is 5.90. The zero-order valence-electron chi connectivity index (χ0n) is 30.0. The second-order valence-electron chi connectivity index (χ2n) is 13.5. The van der Waals surface area contributed by atoms with E-state index < -0.39 is 0 Å². The van der Waals surface area contributed by atoms with Crippen LogP contribution in [0.15, 0.2) is 122 Å². The zero-order valence-corrected chi connectivity index (χ0v) is 30.0. The van der Waals surface area contributed by atoms with Gasteiger partial charge >= 0.3 is 0 Å². The summed E-state index contributed by atoms with van der Waals surface area (Å²) in [6, 6.07) is 29.7. The van der Waals surface area contributed by atoms with Crippen LogP contribution in [0.1, 0.15) is 22.8 Å². The minimum atomic E-state index is 0.770. The molecule has 0 amide bonds. The van der Waals surface area contributed by atoms with E-state index in [0.29, 0.717) is 0 Å². The Kier molecular flexibility index (Phi) is 7.85. The van der Waals surface area contributed by atoms with Crippen LogP contribution >= 0.6 is 0 Å².